The van der Waals surface area contributed by atoms with Gasteiger partial charge in [-0.25, -0.2) is 0 Å². The fraction of sp³-hybridized carbons (Fsp3) is 0.556. The van der Waals surface area contributed by atoms with Gasteiger partial charge < -0.3 is 15.4 Å². The Kier molecular flexibility index (Phi) is 10.7. The maximum Gasteiger partial charge on any atom is 0.305 e. The van der Waals surface area contributed by atoms with Crippen LogP contribution in [0, 0.1) is 0 Å². The van der Waals surface area contributed by atoms with E-state index < -0.39 is 0 Å². The average molecular weight is 354 g/mol. The van der Waals surface area contributed by atoms with Crippen molar-refractivity contribution in [2.75, 3.05) is 26.7 Å². The lowest BCUT2D eigenvalue weighted by Gasteiger charge is -2.11. The first-order valence-electron chi connectivity index (χ1n) is 8.49. The second kappa shape index (κ2) is 12.6. The molecule has 134 valence electrons. The van der Waals surface area contributed by atoms with Gasteiger partial charge in [-0.05, 0) is 43.9 Å². The van der Waals surface area contributed by atoms with Crippen LogP contribution in [0.15, 0.2) is 29.3 Å². The molecule has 1 rings (SSSR count). The Labute approximate surface area is 149 Å². The van der Waals surface area contributed by atoms with E-state index in [0.29, 0.717) is 6.42 Å². The minimum absolute atomic E-state index is 0.144. The monoisotopic (exact) mass is 353 g/mol. The van der Waals surface area contributed by atoms with E-state index in [9.17, 15) is 4.79 Å². The molecule has 0 atom stereocenters. The highest BCUT2D eigenvalue weighted by Gasteiger charge is 2.00. The number of esters is 1. The van der Waals surface area contributed by atoms with Gasteiger partial charge in [0.15, 0.2) is 5.96 Å². The van der Waals surface area contributed by atoms with Crippen molar-refractivity contribution in [1.29, 1.82) is 0 Å². The highest BCUT2D eigenvalue weighted by molar-refractivity contribution is 6.30. The van der Waals surface area contributed by atoms with Gasteiger partial charge in [-0.15, -0.1) is 0 Å². The van der Waals surface area contributed by atoms with Gasteiger partial charge in [-0.1, -0.05) is 30.2 Å². The first-order chi connectivity index (χ1) is 11.7. The van der Waals surface area contributed by atoms with Crippen LogP contribution in [0.25, 0.3) is 0 Å². The molecule has 24 heavy (non-hydrogen) atoms. The highest BCUT2D eigenvalue weighted by Crippen LogP contribution is 2.10. The minimum Gasteiger partial charge on any atom is -0.469 e. The molecule has 0 aromatic heterocycles. The molecule has 1 aromatic carbocycles. The van der Waals surface area contributed by atoms with E-state index in [-0.39, 0.29) is 5.97 Å². The van der Waals surface area contributed by atoms with Gasteiger partial charge in [-0.2, -0.15) is 0 Å². The first-order valence-corrected chi connectivity index (χ1v) is 8.87. The van der Waals surface area contributed by atoms with Gasteiger partial charge in [0.05, 0.1) is 7.11 Å². The number of aliphatic imine (C=N–C) groups is 1. The summed E-state index contributed by atoms with van der Waals surface area (Å²) in [5.74, 6) is 0.682. The van der Waals surface area contributed by atoms with Crippen molar-refractivity contribution < 1.29 is 9.53 Å². The molecule has 0 amide bonds. The summed E-state index contributed by atoms with van der Waals surface area (Å²) < 4.78 is 4.62. The molecule has 0 heterocycles. The lowest BCUT2D eigenvalue weighted by Crippen LogP contribution is -2.38. The Morgan fingerprint density at radius 2 is 2.08 bits per heavy atom. The van der Waals surface area contributed by atoms with E-state index in [0.717, 1.165) is 56.3 Å². The molecular weight excluding hydrogens is 326 g/mol. The number of nitrogens with one attached hydrogen (secondary N) is 2. The number of ether oxygens (including phenoxy) is 1. The molecule has 0 aliphatic carbocycles. The molecule has 0 bridgehead atoms. The second-order valence-electron chi connectivity index (χ2n) is 5.45. The Balaban J connectivity index is 2.25. The van der Waals surface area contributed by atoms with Crippen molar-refractivity contribution in [3.05, 3.63) is 34.9 Å². The zero-order valence-corrected chi connectivity index (χ0v) is 15.4. The van der Waals surface area contributed by atoms with Gasteiger partial charge in [-0.3, -0.25) is 9.79 Å². The minimum atomic E-state index is -0.144. The quantitative estimate of drug-likeness (QED) is 0.293. The van der Waals surface area contributed by atoms with E-state index in [4.69, 9.17) is 11.6 Å². The normalized spacial score (nSPS) is 11.2. The smallest absolute Gasteiger partial charge is 0.305 e. The van der Waals surface area contributed by atoms with Gasteiger partial charge >= 0.3 is 5.97 Å². The lowest BCUT2D eigenvalue weighted by atomic mass is 10.1. The third-order valence-electron chi connectivity index (χ3n) is 3.48. The topological polar surface area (TPSA) is 62.7 Å². The zero-order valence-electron chi connectivity index (χ0n) is 14.6. The Morgan fingerprint density at radius 3 is 2.79 bits per heavy atom. The molecule has 0 saturated heterocycles. The summed E-state index contributed by atoms with van der Waals surface area (Å²) >= 11 is 5.99. The molecule has 5 nitrogen and oxygen atoms in total. The van der Waals surface area contributed by atoms with Crippen LogP contribution in [0.1, 0.15) is 38.2 Å². The van der Waals surface area contributed by atoms with Crippen molar-refractivity contribution in [3.8, 4) is 0 Å². The maximum absolute atomic E-state index is 11.0. The summed E-state index contributed by atoms with van der Waals surface area (Å²) in [6, 6.07) is 7.89. The summed E-state index contributed by atoms with van der Waals surface area (Å²) in [5.41, 5.74) is 1.20. The largest absolute Gasteiger partial charge is 0.469 e. The van der Waals surface area contributed by atoms with Crippen molar-refractivity contribution in [1.82, 2.24) is 10.6 Å². The van der Waals surface area contributed by atoms with Gasteiger partial charge in [0.25, 0.3) is 0 Å². The number of rotatable bonds is 10. The number of benzene rings is 1. The van der Waals surface area contributed by atoms with Crippen molar-refractivity contribution in [3.63, 3.8) is 0 Å². The fourth-order valence-electron chi connectivity index (χ4n) is 2.21. The average Bonchev–Trinajstić information content (AvgIpc) is 2.57. The standard InChI is InChI=1S/C18H28ClN3O2/c1-3-20-18(21-12-6-4-5-10-17(23)24-2)22-13-11-15-8-7-9-16(19)14-15/h7-9,14H,3-6,10-13H2,1-2H3,(H2,20,21,22). The van der Waals surface area contributed by atoms with Crippen LogP contribution in [-0.2, 0) is 16.0 Å². The third kappa shape index (κ3) is 9.40. The van der Waals surface area contributed by atoms with Gasteiger partial charge in [0.1, 0.15) is 0 Å². The zero-order chi connectivity index (χ0) is 17.6. The molecular formula is C18H28ClN3O2. The van der Waals surface area contributed by atoms with E-state index in [1.165, 1.54) is 12.7 Å². The summed E-state index contributed by atoms with van der Waals surface area (Å²) in [7, 11) is 1.42. The van der Waals surface area contributed by atoms with Gasteiger partial charge in [0.2, 0.25) is 0 Å². The van der Waals surface area contributed by atoms with Crippen LogP contribution in [0.5, 0.6) is 0 Å². The molecule has 6 heteroatoms. The predicted molar refractivity (Wildman–Crippen MR) is 99.6 cm³/mol. The summed E-state index contributed by atoms with van der Waals surface area (Å²) in [5, 5.41) is 7.33. The Morgan fingerprint density at radius 1 is 1.25 bits per heavy atom. The van der Waals surface area contributed by atoms with Gasteiger partial charge in [0, 0.05) is 31.1 Å². The number of methoxy groups -OCH3 is 1. The van der Waals surface area contributed by atoms with Crippen LogP contribution in [0.3, 0.4) is 0 Å². The number of unbranched alkanes of at least 4 members (excludes halogenated alkanes) is 2. The number of carbonyl (C=O) groups is 1. The van der Waals surface area contributed by atoms with Crippen molar-refractivity contribution >= 4 is 23.5 Å². The summed E-state index contributed by atoms with van der Waals surface area (Å²) in [4.78, 5) is 15.6. The molecule has 0 aliphatic heterocycles. The van der Waals surface area contributed by atoms with E-state index >= 15 is 0 Å². The molecule has 0 saturated carbocycles. The van der Waals surface area contributed by atoms with Crippen LogP contribution in [-0.4, -0.2) is 38.7 Å². The highest BCUT2D eigenvalue weighted by atomic mass is 35.5. The number of guanidine groups is 1. The van der Waals surface area contributed by atoms with E-state index in [2.05, 4.69) is 26.4 Å². The second-order valence-corrected chi connectivity index (χ2v) is 5.89. The maximum atomic E-state index is 11.0. The van der Waals surface area contributed by atoms with Crippen LogP contribution >= 0.6 is 11.6 Å². The van der Waals surface area contributed by atoms with Crippen LogP contribution < -0.4 is 10.6 Å². The third-order valence-corrected chi connectivity index (χ3v) is 3.71. The summed E-state index contributed by atoms with van der Waals surface area (Å²) in [6.07, 6.45) is 4.16. The van der Waals surface area contributed by atoms with E-state index in [1.807, 2.05) is 25.1 Å². The van der Waals surface area contributed by atoms with Crippen LogP contribution in [0.4, 0.5) is 0 Å². The number of nitrogens with zero attached hydrogens (tertiary/aromatic N) is 1. The predicted octanol–water partition coefficient (Wildman–Crippen LogP) is 3.17. The van der Waals surface area contributed by atoms with Crippen molar-refractivity contribution in [2.45, 2.75) is 39.0 Å². The fourth-order valence-corrected chi connectivity index (χ4v) is 2.42. The SMILES string of the molecule is CCNC(=NCCCCCC(=O)OC)NCCc1cccc(Cl)c1. The number of hydrogen-bond acceptors (Lipinski definition) is 3. The Hall–Kier alpha value is -1.75. The van der Waals surface area contributed by atoms with Crippen LogP contribution in [0.2, 0.25) is 5.02 Å². The molecule has 0 unspecified atom stereocenters. The molecule has 0 fully saturated rings. The number of halogens is 1. The molecule has 2 N–H and O–H groups in total. The first kappa shape index (κ1) is 20.3. The summed E-state index contributed by atoms with van der Waals surface area (Å²) in [6.45, 7) is 4.41. The molecule has 0 radical (unpaired) electrons. The molecule has 1 aromatic rings. The lowest BCUT2D eigenvalue weighted by molar-refractivity contribution is -0.140. The number of hydrogen-bond donors (Lipinski definition) is 2. The molecule has 0 aliphatic rings. The Bertz CT molecular complexity index is 521. The molecule has 0 spiro atoms. The van der Waals surface area contributed by atoms with E-state index in [1.54, 1.807) is 0 Å². The van der Waals surface area contributed by atoms with Crippen molar-refractivity contribution in [2.24, 2.45) is 4.99 Å². The number of carbonyl (C=O) groups excluding carboxylic acids is 1.